The van der Waals surface area contributed by atoms with Crippen LogP contribution in [0.5, 0.6) is 0 Å². The number of aromatic amines is 1. The molecular weight excluding hydrogens is 218 g/mol. The molecule has 0 saturated heterocycles. The predicted octanol–water partition coefficient (Wildman–Crippen LogP) is 2.34. The predicted molar refractivity (Wildman–Crippen MR) is 51.1 cm³/mol. The molecule has 0 bridgehead atoms. The highest BCUT2D eigenvalue weighted by Gasteiger charge is 2.06. The molecular formula is C8H8BrN3. The molecule has 0 saturated carbocycles. The lowest BCUT2D eigenvalue weighted by Crippen LogP contribution is -1.84. The fourth-order valence-electron chi connectivity index (χ4n) is 1.28. The summed E-state index contributed by atoms with van der Waals surface area (Å²) in [6.07, 6.45) is 0. The number of hydrogen-bond acceptors (Lipinski definition) is 2. The number of halogens is 1. The van der Waals surface area contributed by atoms with E-state index in [2.05, 4.69) is 31.1 Å². The van der Waals surface area contributed by atoms with Gasteiger partial charge < -0.3 is 0 Å². The fraction of sp³-hybridized carbons (Fsp3) is 0.250. The first-order valence-electron chi connectivity index (χ1n) is 3.66. The number of H-pyrrole nitrogens is 1. The van der Waals surface area contributed by atoms with E-state index in [1.807, 2.05) is 19.9 Å². The van der Waals surface area contributed by atoms with E-state index in [9.17, 15) is 0 Å². The summed E-state index contributed by atoms with van der Waals surface area (Å²) in [6, 6.07) is 2.02. The van der Waals surface area contributed by atoms with Gasteiger partial charge in [0.1, 0.15) is 15.6 Å². The Labute approximate surface area is 78.3 Å². The molecule has 0 fully saturated rings. The lowest BCUT2D eigenvalue weighted by atomic mass is 10.2. The van der Waals surface area contributed by atoms with E-state index in [1.54, 1.807) is 0 Å². The van der Waals surface area contributed by atoms with Gasteiger partial charge in [-0.15, -0.1) is 0 Å². The van der Waals surface area contributed by atoms with Gasteiger partial charge >= 0.3 is 0 Å². The van der Waals surface area contributed by atoms with E-state index in [0.29, 0.717) is 0 Å². The highest BCUT2D eigenvalue weighted by molar-refractivity contribution is 9.10. The highest BCUT2D eigenvalue weighted by atomic mass is 79.9. The minimum Gasteiger partial charge on any atom is -0.269 e. The normalized spacial score (nSPS) is 10.9. The second-order valence-corrected chi connectivity index (χ2v) is 3.61. The van der Waals surface area contributed by atoms with Crippen LogP contribution in [0, 0.1) is 13.8 Å². The number of aromatic nitrogens is 3. The van der Waals surface area contributed by atoms with Gasteiger partial charge in [0.05, 0.1) is 0 Å². The van der Waals surface area contributed by atoms with Gasteiger partial charge in [-0.05, 0) is 41.4 Å². The van der Waals surface area contributed by atoms with Crippen molar-refractivity contribution in [2.24, 2.45) is 0 Å². The van der Waals surface area contributed by atoms with E-state index in [0.717, 1.165) is 26.9 Å². The number of rotatable bonds is 0. The van der Waals surface area contributed by atoms with Gasteiger partial charge in [-0.25, -0.2) is 4.98 Å². The van der Waals surface area contributed by atoms with Crippen LogP contribution in [0.25, 0.3) is 11.0 Å². The Hall–Kier alpha value is -0.900. The number of hydrogen-bond donors (Lipinski definition) is 1. The largest absolute Gasteiger partial charge is 0.269 e. The molecule has 3 nitrogen and oxygen atoms in total. The zero-order chi connectivity index (χ0) is 8.72. The Kier molecular flexibility index (Phi) is 1.65. The number of aryl methyl sites for hydroxylation is 2. The Balaban J connectivity index is 2.92. The summed E-state index contributed by atoms with van der Waals surface area (Å²) < 4.78 is 0.851. The van der Waals surface area contributed by atoms with Gasteiger partial charge in [-0.1, -0.05) is 0 Å². The molecule has 4 heteroatoms. The molecule has 0 amide bonds. The van der Waals surface area contributed by atoms with Gasteiger partial charge in [0.15, 0.2) is 0 Å². The molecule has 2 rings (SSSR count). The third kappa shape index (κ3) is 1.03. The van der Waals surface area contributed by atoms with Crippen LogP contribution in [-0.4, -0.2) is 15.2 Å². The van der Waals surface area contributed by atoms with Gasteiger partial charge in [0.25, 0.3) is 0 Å². The summed E-state index contributed by atoms with van der Waals surface area (Å²) >= 11 is 3.35. The van der Waals surface area contributed by atoms with Crippen molar-refractivity contribution in [3.63, 3.8) is 0 Å². The van der Waals surface area contributed by atoms with Crippen molar-refractivity contribution in [3.8, 4) is 0 Å². The molecule has 62 valence electrons. The van der Waals surface area contributed by atoms with Gasteiger partial charge in [0.2, 0.25) is 0 Å². The summed E-state index contributed by atoms with van der Waals surface area (Å²) in [5.41, 5.74) is 4.02. The van der Waals surface area contributed by atoms with Gasteiger partial charge in [-0.3, -0.25) is 5.10 Å². The second kappa shape index (κ2) is 2.55. The summed E-state index contributed by atoms with van der Waals surface area (Å²) in [7, 11) is 0. The van der Waals surface area contributed by atoms with E-state index >= 15 is 0 Å². The second-order valence-electron chi connectivity index (χ2n) is 2.82. The SMILES string of the molecule is Cc1cc(C)c2n[nH]c(Br)c2n1. The fourth-order valence-corrected chi connectivity index (χ4v) is 1.65. The zero-order valence-corrected chi connectivity index (χ0v) is 8.44. The molecule has 0 aliphatic heterocycles. The zero-order valence-electron chi connectivity index (χ0n) is 6.85. The van der Waals surface area contributed by atoms with Crippen molar-refractivity contribution in [1.82, 2.24) is 15.2 Å². The Morgan fingerprint density at radius 1 is 1.33 bits per heavy atom. The van der Waals surface area contributed by atoms with Crippen LogP contribution in [0.15, 0.2) is 10.7 Å². The van der Waals surface area contributed by atoms with Gasteiger partial charge in [-0.2, -0.15) is 5.10 Å². The maximum Gasteiger partial charge on any atom is 0.127 e. The number of nitrogens with one attached hydrogen (secondary N) is 1. The van der Waals surface area contributed by atoms with E-state index < -0.39 is 0 Å². The molecule has 0 aliphatic carbocycles. The highest BCUT2D eigenvalue weighted by Crippen LogP contribution is 2.21. The van der Waals surface area contributed by atoms with Crippen LogP contribution < -0.4 is 0 Å². The molecule has 0 unspecified atom stereocenters. The molecule has 0 radical (unpaired) electrons. The smallest absolute Gasteiger partial charge is 0.127 e. The average Bonchev–Trinajstić information content (AvgIpc) is 2.33. The molecule has 0 aliphatic rings. The topological polar surface area (TPSA) is 41.6 Å². The van der Waals surface area contributed by atoms with E-state index in [-0.39, 0.29) is 0 Å². The molecule has 12 heavy (non-hydrogen) atoms. The molecule has 0 atom stereocenters. The minimum absolute atomic E-state index is 0.851. The van der Waals surface area contributed by atoms with Crippen LogP contribution in [-0.2, 0) is 0 Å². The van der Waals surface area contributed by atoms with Crippen molar-refractivity contribution < 1.29 is 0 Å². The first-order valence-corrected chi connectivity index (χ1v) is 4.45. The van der Waals surface area contributed by atoms with Crippen LogP contribution in [0.4, 0.5) is 0 Å². The Morgan fingerprint density at radius 3 is 2.83 bits per heavy atom. The van der Waals surface area contributed by atoms with E-state index in [4.69, 9.17) is 0 Å². The third-order valence-corrected chi connectivity index (χ3v) is 2.34. The Bertz CT molecular complexity index is 433. The summed E-state index contributed by atoms with van der Waals surface area (Å²) in [4.78, 5) is 4.36. The average molecular weight is 226 g/mol. The van der Waals surface area contributed by atoms with Crippen LogP contribution in [0.3, 0.4) is 0 Å². The molecule has 2 aromatic heterocycles. The monoisotopic (exact) mass is 225 g/mol. The van der Waals surface area contributed by atoms with Crippen molar-refractivity contribution in [1.29, 1.82) is 0 Å². The van der Waals surface area contributed by atoms with Crippen molar-refractivity contribution in [2.75, 3.05) is 0 Å². The minimum atomic E-state index is 0.851. The molecule has 2 aromatic rings. The summed E-state index contributed by atoms with van der Waals surface area (Å²) in [5.74, 6) is 0. The van der Waals surface area contributed by atoms with Crippen molar-refractivity contribution in [3.05, 3.63) is 21.9 Å². The lowest BCUT2D eigenvalue weighted by molar-refractivity contribution is 1.09. The molecule has 1 N–H and O–H groups in total. The first kappa shape index (κ1) is 7.73. The van der Waals surface area contributed by atoms with Crippen molar-refractivity contribution in [2.45, 2.75) is 13.8 Å². The number of pyridine rings is 1. The maximum absolute atomic E-state index is 4.36. The van der Waals surface area contributed by atoms with Gasteiger partial charge in [0, 0.05) is 5.69 Å². The summed E-state index contributed by atoms with van der Waals surface area (Å²) in [5, 5.41) is 6.97. The Morgan fingerprint density at radius 2 is 2.08 bits per heavy atom. The number of nitrogens with zero attached hydrogens (tertiary/aromatic N) is 2. The number of fused-ring (bicyclic) bond motifs is 1. The quantitative estimate of drug-likeness (QED) is 0.748. The third-order valence-electron chi connectivity index (χ3n) is 1.79. The van der Waals surface area contributed by atoms with Crippen LogP contribution in [0.1, 0.15) is 11.3 Å². The molecule has 0 spiro atoms. The van der Waals surface area contributed by atoms with Crippen LogP contribution in [0.2, 0.25) is 0 Å². The van der Waals surface area contributed by atoms with Crippen LogP contribution >= 0.6 is 15.9 Å². The summed E-state index contributed by atoms with van der Waals surface area (Å²) in [6.45, 7) is 4.01. The first-order chi connectivity index (χ1) is 5.68. The molecule has 2 heterocycles. The molecule has 0 aromatic carbocycles. The maximum atomic E-state index is 4.36. The standard InChI is InChI=1S/C8H8BrN3/c1-4-3-5(2)10-7-6(4)11-12-8(7)9/h3H,1-2H3,(H,11,12). The van der Waals surface area contributed by atoms with Crippen molar-refractivity contribution >= 4 is 27.0 Å². The van der Waals surface area contributed by atoms with E-state index in [1.165, 1.54) is 0 Å². The lowest BCUT2D eigenvalue weighted by Gasteiger charge is -1.95.